The Kier molecular flexibility index (Phi) is 5.45. The molecular formula is C13H18ClNO2. The fourth-order valence-corrected chi connectivity index (χ4v) is 1.78. The molecule has 0 radical (unpaired) electrons. The number of hydrogen-bond donors (Lipinski definition) is 1. The Balaban J connectivity index is 2.47. The molecule has 94 valence electrons. The third-order valence-electron chi connectivity index (χ3n) is 2.68. The topological polar surface area (TPSA) is 52.3 Å². The molecule has 1 aromatic rings. The Morgan fingerprint density at radius 2 is 2.24 bits per heavy atom. The van der Waals surface area contributed by atoms with E-state index in [4.69, 9.17) is 17.3 Å². The third-order valence-corrected chi connectivity index (χ3v) is 3.09. The van der Waals surface area contributed by atoms with Crippen LogP contribution in [0.2, 0.25) is 5.02 Å². The summed E-state index contributed by atoms with van der Waals surface area (Å²) in [4.78, 5) is 11.0. The second-order valence-corrected chi connectivity index (χ2v) is 4.57. The van der Waals surface area contributed by atoms with Crippen molar-refractivity contribution in [3.05, 3.63) is 34.3 Å². The fraction of sp³-hybridized carbons (Fsp3) is 0.462. The second-order valence-electron chi connectivity index (χ2n) is 4.16. The van der Waals surface area contributed by atoms with Crippen molar-refractivity contribution >= 4 is 17.6 Å². The lowest BCUT2D eigenvalue weighted by Gasteiger charge is -2.11. The van der Waals surface area contributed by atoms with Gasteiger partial charge in [-0.3, -0.25) is 4.79 Å². The first-order chi connectivity index (χ1) is 8.02. The van der Waals surface area contributed by atoms with Gasteiger partial charge < -0.3 is 10.5 Å². The number of carbonyl (C=O) groups excluding carboxylic acids is 1. The molecule has 0 bridgehead atoms. The van der Waals surface area contributed by atoms with Gasteiger partial charge in [-0.2, -0.15) is 0 Å². The van der Waals surface area contributed by atoms with Gasteiger partial charge in [0.05, 0.1) is 7.11 Å². The van der Waals surface area contributed by atoms with Crippen molar-refractivity contribution in [1.82, 2.24) is 0 Å². The van der Waals surface area contributed by atoms with Crippen LogP contribution in [0.1, 0.15) is 24.0 Å². The number of hydrogen-bond acceptors (Lipinski definition) is 3. The zero-order valence-electron chi connectivity index (χ0n) is 10.2. The highest BCUT2D eigenvalue weighted by atomic mass is 35.5. The molecule has 0 amide bonds. The van der Waals surface area contributed by atoms with Crippen molar-refractivity contribution in [3.8, 4) is 0 Å². The lowest BCUT2D eigenvalue weighted by molar-refractivity contribution is -0.140. The van der Waals surface area contributed by atoms with Crippen molar-refractivity contribution in [2.24, 2.45) is 5.73 Å². The van der Waals surface area contributed by atoms with Gasteiger partial charge in [0.1, 0.15) is 0 Å². The van der Waals surface area contributed by atoms with Crippen LogP contribution in [0.15, 0.2) is 18.2 Å². The van der Waals surface area contributed by atoms with Gasteiger partial charge in [-0.25, -0.2) is 0 Å². The Morgan fingerprint density at radius 1 is 1.53 bits per heavy atom. The van der Waals surface area contributed by atoms with E-state index in [2.05, 4.69) is 4.74 Å². The highest BCUT2D eigenvalue weighted by Crippen LogP contribution is 2.18. The smallest absolute Gasteiger partial charge is 0.305 e. The average Bonchev–Trinajstić information content (AvgIpc) is 2.31. The number of ether oxygens (including phenoxy) is 1. The first kappa shape index (κ1) is 14.0. The molecule has 17 heavy (non-hydrogen) atoms. The highest BCUT2D eigenvalue weighted by molar-refractivity contribution is 6.31. The molecule has 0 aromatic heterocycles. The van der Waals surface area contributed by atoms with Crippen molar-refractivity contribution in [3.63, 3.8) is 0 Å². The first-order valence-electron chi connectivity index (χ1n) is 5.60. The lowest BCUT2D eigenvalue weighted by Crippen LogP contribution is -2.24. The highest BCUT2D eigenvalue weighted by Gasteiger charge is 2.08. The Hall–Kier alpha value is -1.06. The number of halogens is 1. The summed E-state index contributed by atoms with van der Waals surface area (Å²) in [6, 6.07) is 5.87. The monoisotopic (exact) mass is 255 g/mol. The summed E-state index contributed by atoms with van der Waals surface area (Å²) in [7, 11) is 1.38. The minimum Gasteiger partial charge on any atom is -0.469 e. The van der Waals surface area contributed by atoms with E-state index in [1.807, 2.05) is 25.1 Å². The molecule has 4 heteroatoms. The molecule has 0 aliphatic heterocycles. The van der Waals surface area contributed by atoms with Crippen LogP contribution in [0.3, 0.4) is 0 Å². The molecule has 0 saturated heterocycles. The van der Waals surface area contributed by atoms with Gasteiger partial charge in [0, 0.05) is 17.5 Å². The number of aryl methyl sites for hydroxylation is 1. The second kappa shape index (κ2) is 6.62. The first-order valence-corrected chi connectivity index (χ1v) is 5.98. The molecular weight excluding hydrogens is 238 g/mol. The summed E-state index contributed by atoms with van der Waals surface area (Å²) in [6.45, 7) is 1.96. The third kappa shape index (κ3) is 4.75. The number of methoxy groups -OCH3 is 1. The van der Waals surface area contributed by atoms with E-state index in [-0.39, 0.29) is 12.0 Å². The van der Waals surface area contributed by atoms with E-state index in [0.29, 0.717) is 12.8 Å². The van der Waals surface area contributed by atoms with E-state index in [0.717, 1.165) is 22.6 Å². The molecule has 1 aromatic carbocycles. The van der Waals surface area contributed by atoms with Crippen molar-refractivity contribution in [2.75, 3.05) is 7.11 Å². The molecule has 0 saturated carbocycles. The average molecular weight is 256 g/mol. The van der Waals surface area contributed by atoms with Gasteiger partial charge in [-0.1, -0.05) is 23.7 Å². The summed E-state index contributed by atoms with van der Waals surface area (Å²) in [6.07, 6.45) is 1.70. The van der Waals surface area contributed by atoms with Crippen LogP contribution in [0.25, 0.3) is 0 Å². The van der Waals surface area contributed by atoms with Crippen LogP contribution < -0.4 is 5.73 Å². The maximum Gasteiger partial charge on any atom is 0.305 e. The summed E-state index contributed by atoms with van der Waals surface area (Å²) >= 11 is 6.03. The predicted molar refractivity (Wildman–Crippen MR) is 69.1 cm³/mol. The van der Waals surface area contributed by atoms with Gasteiger partial charge >= 0.3 is 5.97 Å². The van der Waals surface area contributed by atoms with E-state index < -0.39 is 0 Å². The Labute approximate surface area is 107 Å². The minimum atomic E-state index is -0.220. The van der Waals surface area contributed by atoms with Crippen molar-refractivity contribution < 1.29 is 9.53 Å². The van der Waals surface area contributed by atoms with Crippen LogP contribution in [-0.4, -0.2) is 19.1 Å². The summed E-state index contributed by atoms with van der Waals surface area (Å²) < 4.78 is 4.57. The molecule has 1 unspecified atom stereocenters. The van der Waals surface area contributed by atoms with E-state index in [1.54, 1.807) is 0 Å². The molecule has 0 spiro atoms. The van der Waals surface area contributed by atoms with Gasteiger partial charge in [-0.15, -0.1) is 0 Å². The van der Waals surface area contributed by atoms with Gasteiger partial charge in [0.25, 0.3) is 0 Å². The summed E-state index contributed by atoms with van der Waals surface area (Å²) in [5.74, 6) is -0.220. The van der Waals surface area contributed by atoms with Crippen LogP contribution in [0.5, 0.6) is 0 Å². The molecule has 0 aliphatic rings. The zero-order chi connectivity index (χ0) is 12.8. The molecule has 1 atom stereocenters. The van der Waals surface area contributed by atoms with Crippen LogP contribution >= 0.6 is 11.6 Å². The van der Waals surface area contributed by atoms with Crippen molar-refractivity contribution in [2.45, 2.75) is 32.2 Å². The largest absolute Gasteiger partial charge is 0.469 e. The number of carbonyl (C=O) groups is 1. The quantitative estimate of drug-likeness (QED) is 0.823. The molecule has 0 aliphatic carbocycles. The van der Waals surface area contributed by atoms with Gasteiger partial charge in [-0.05, 0) is 37.0 Å². The number of esters is 1. The maximum atomic E-state index is 11.0. The number of nitrogens with two attached hydrogens (primary N) is 1. The number of benzene rings is 1. The normalized spacial score (nSPS) is 12.2. The molecule has 2 N–H and O–H groups in total. The van der Waals surface area contributed by atoms with Crippen LogP contribution in [-0.2, 0) is 16.0 Å². The fourth-order valence-electron chi connectivity index (χ4n) is 1.57. The van der Waals surface area contributed by atoms with Crippen LogP contribution in [0.4, 0.5) is 0 Å². The molecule has 0 fully saturated rings. The Morgan fingerprint density at radius 3 is 2.82 bits per heavy atom. The van der Waals surface area contributed by atoms with Gasteiger partial charge in [0.2, 0.25) is 0 Å². The van der Waals surface area contributed by atoms with Gasteiger partial charge in [0.15, 0.2) is 0 Å². The molecule has 0 heterocycles. The van der Waals surface area contributed by atoms with E-state index in [1.165, 1.54) is 7.11 Å². The SMILES string of the molecule is COC(=O)CCC(N)Cc1ccc(C)c(Cl)c1. The van der Waals surface area contributed by atoms with Crippen LogP contribution in [0, 0.1) is 6.92 Å². The number of rotatable bonds is 5. The molecule has 3 nitrogen and oxygen atoms in total. The van der Waals surface area contributed by atoms with Crippen molar-refractivity contribution in [1.29, 1.82) is 0 Å². The zero-order valence-corrected chi connectivity index (χ0v) is 11.0. The minimum absolute atomic E-state index is 0.0483. The maximum absolute atomic E-state index is 11.0. The standard InChI is InChI=1S/C13H18ClNO2/c1-9-3-4-10(8-12(9)14)7-11(15)5-6-13(16)17-2/h3-4,8,11H,5-7,15H2,1-2H3. The van der Waals surface area contributed by atoms with E-state index >= 15 is 0 Å². The summed E-state index contributed by atoms with van der Waals surface area (Å²) in [5, 5.41) is 0.752. The lowest BCUT2D eigenvalue weighted by atomic mass is 10.0. The Bertz CT molecular complexity index is 393. The van der Waals surface area contributed by atoms with E-state index in [9.17, 15) is 4.79 Å². The predicted octanol–water partition coefficient (Wildman–Crippen LogP) is 2.47. The summed E-state index contributed by atoms with van der Waals surface area (Å²) in [5.41, 5.74) is 8.10. The molecule has 1 rings (SSSR count).